The number of nitrogens with one attached hydrogen (secondary N) is 1. The molecule has 0 bridgehead atoms. The van der Waals surface area contributed by atoms with Gasteiger partial charge in [-0.2, -0.15) is 0 Å². The molecule has 0 aromatic heterocycles. The molecular formula is C31H27NO3. The summed E-state index contributed by atoms with van der Waals surface area (Å²) in [6.07, 6.45) is 1.34. The van der Waals surface area contributed by atoms with Crippen LogP contribution in [0.15, 0.2) is 90.5 Å². The Morgan fingerprint density at radius 2 is 1.54 bits per heavy atom. The average molecular weight is 462 g/mol. The van der Waals surface area contributed by atoms with Crippen LogP contribution in [0.25, 0.3) is 16.3 Å². The number of allylic oxidation sites excluding steroid dienone is 1. The SMILES string of the molecule is COc1ccc([C@@H]2Nc3ccc4ccccc4c3C3=C2C(=O)C[C@@H](c2ccccc2)C3)cc1OC. The molecule has 4 aromatic carbocycles. The number of fused-ring (bicyclic) bond motifs is 4. The third kappa shape index (κ3) is 3.57. The fraction of sp³-hybridized carbons (Fsp3) is 0.194. The Kier molecular flexibility index (Phi) is 5.29. The van der Waals surface area contributed by atoms with Gasteiger partial charge in [0.2, 0.25) is 0 Å². The predicted octanol–water partition coefficient (Wildman–Crippen LogP) is 6.92. The van der Waals surface area contributed by atoms with Crippen molar-refractivity contribution >= 4 is 27.8 Å². The lowest BCUT2D eigenvalue weighted by atomic mass is 9.71. The number of ketones is 1. The van der Waals surface area contributed by atoms with E-state index < -0.39 is 0 Å². The van der Waals surface area contributed by atoms with Gasteiger partial charge in [0.25, 0.3) is 0 Å². The number of carbonyl (C=O) groups is 1. The lowest BCUT2D eigenvalue weighted by Crippen LogP contribution is -2.29. The van der Waals surface area contributed by atoms with Gasteiger partial charge in [0.15, 0.2) is 17.3 Å². The first-order valence-corrected chi connectivity index (χ1v) is 12.0. The second kappa shape index (κ2) is 8.62. The van der Waals surface area contributed by atoms with Crippen LogP contribution in [0.2, 0.25) is 0 Å². The van der Waals surface area contributed by atoms with E-state index in [4.69, 9.17) is 9.47 Å². The summed E-state index contributed by atoms with van der Waals surface area (Å²) in [6, 6.07) is 28.8. The topological polar surface area (TPSA) is 47.6 Å². The molecule has 2 aliphatic rings. The Morgan fingerprint density at radius 3 is 2.34 bits per heavy atom. The predicted molar refractivity (Wildman–Crippen MR) is 140 cm³/mol. The van der Waals surface area contributed by atoms with Crippen molar-refractivity contribution in [2.24, 2.45) is 0 Å². The highest BCUT2D eigenvalue weighted by Crippen LogP contribution is 2.51. The quantitative estimate of drug-likeness (QED) is 0.358. The molecule has 4 heteroatoms. The Morgan fingerprint density at radius 1 is 0.771 bits per heavy atom. The average Bonchev–Trinajstić information content (AvgIpc) is 2.92. The van der Waals surface area contributed by atoms with Crippen LogP contribution in [0.4, 0.5) is 5.69 Å². The molecule has 0 fully saturated rings. The Labute approximate surface area is 205 Å². The molecule has 0 amide bonds. The summed E-state index contributed by atoms with van der Waals surface area (Å²) in [6.45, 7) is 0. The van der Waals surface area contributed by atoms with Crippen LogP contribution < -0.4 is 14.8 Å². The molecule has 1 aliphatic heterocycles. The van der Waals surface area contributed by atoms with Gasteiger partial charge in [0.05, 0.1) is 20.3 Å². The van der Waals surface area contributed by atoms with Gasteiger partial charge in [0.1, 0.15) is 0 Å². The van der Waals surface area contributed by atoms with Crippen molar-refractivity contribution in [3.8, 4) is 11.5 Å². The van der Waals surface area contributed by atoms with Crippen molar-refractivity contribution in [3.05, 3.63) is 107 Å². The molecule has 174 valence electrons. The highest BCUT2D eigenvalue weighted by atomic mass is 16.5. The minimum Gasteiger partial charge on any atom is -0.493 e. The molecule has 35 heavy (non-hydrogen) atoms. The zero-order chi connectivity index (χ0) is 23.9. The number of anilines is 1. The zero-order valence-electron chi connectivity index (χ0n) is 19.9. The first-order valence-electron chi connectivity index (χ1n) is 12.0. The van der Waals surface area contributed by atoms with Gasteiger partial charge < -0.3 is 14.8 Å². The minimum atomic E-state index is -0.248. The van der Waals surface area contributed by atoms with Gasteiger partial charge in [-0.25, -0.2) is 0 Å². The van der Waals surface area contributed by atoms with Gasteiger partial charge in [-0.05, 0) is 58.0 Å². The van der Waals surface area contributed by atoms with E-state index in [-0.39, 0.29) is 17.7 Å². The molecule has 1 N–H and O–H groups in total. The molecule has 0 unspecified atom stereocenters. The smallest absolute Gasteiger partial charge is 0.162 e. The molecule has 4 aromatic rings. The van der Waals surface area contributed by atoms with Gasteiger partial charge in [-0.3, -0.25) is 4.79 Å². The van der Waals surface area contributed by atoms with E-state index in [2.05, 4.69) is 66.0 Å². The lowest BCUT2D eigenvalue weighted by molar-refractivity contribution is -0.116. The largest absolute Gasteiger partial charge is 0.493 e. The fourth-order valence-electron chi connectivity index (χ4n) is 5.69. The first-order chi connectivity index (χ1) is 17.2. The maximum absolute atomic E-state index is 13.9. The Bertz CT molecular complexity index is 1470. The minimum absolute atomic E-state index is 0.165. The van der Waals surface area contributed by atoms with E-state index in [1.54, 1.807) is 14.2 Å². The van der Waals surface area contributed by atoms with Crippen LogP contribution in [0.5, 0.6) is 11.5 Å². The molecule has 0 radical (unpaired) electrons. The number of hydrogen-bond acceptors (Lipinski definition) is 4. The number of rotatable bonds is 4. The van der Waals surface area contributed by atoms with Crippen LogP contribution >= 0.6 is 0 Å². The number of Topliss-reactive ketones (excluding diaryl/α,β-unsaturated/α-hetero) is 1. The second-order valence-corrected chi connectivity index (χ2v) is 9.23. The molecule has 4 nitrogen and oxygen atoms in total. The number of ether oxygens (including phenoxy) is 2. The fourth-order valence-corrected chi connectivity index (χ4v) is 5.69. The maximum Gasteiger partial charge on any atom is 0.162 e. The van der Waals surface area contributed by atoms with Crippen LogP contribution in [-0.2, 0) is 4.79 Å². The van der Waals surface area contributed by atoms with Crippen molar-refractivity contribution in [1.82, 2.24) is 0 Å². The molecule has 0 saturated heterocycles. The third-order valence-corrected chi connectivity index (χ3v) is 7.34. The summed E-state index contributed by atoms with van der Waals surface area (Å²) in [4.78, 5) is 13.9. The molecule has 0 spiro atoms. The normalized spacial score (nSPS) is 19.1. The van der Waals surface area contributed by atoms with Crippen molar-refractivity contribution in [2.75, 3.05) is 19.5 Å². The number of methoxy groups -OCH3 is 2. The van der Waals surface area contributed by atoms with Crippen LogP contribution in [-0.4, -0.2) is 20.0 Å². The zero-order valence-corrected chi connectivity index (χ0v) is 19.9. The highest BCUT2D eigenvalue weighted by Gasteiger charge is 2.38. The molecule has 1 heterocycles. The van der Waals surface area contributed by atoms with Gasteiger partial charge >= 0.3 is 0 Å². The van der Waals surface area contributed by atoms with E-state index in [9.17, 15) is 4.79 Å². The first kappa shape index (κ1) is 21.5. The number of hydrogen-bond donors (Lipinski definition) is 1. The third-order valence-electron chi connectivity index (χ3n) is 7.34. The summed E-state index contributed by atoms with van der Waals surface area (Å²) < 4.78 is 11.0. The van der Waals surface area contributed by atoms with Crippen molar-refractivity contribution < 1.29 is 14.3 Å². The standard InChI is InChI=1S/C31H27NO3/c1-34-27-15-13-21(18-28(27)35-2)31-30-24(16-22(17-26(30)33)19-8-4-3-5-9-19)29-23-11-7-6-10-20(23)12-14-25(29)32-31/h3-15,18,22,31-32H,16-17H2,1-2H3/t22-,31-/m0/s1. The molecule has 2 atom stereocenters. The van der Waals surface area contributed by atoms with E-state index in [0.29, 0.717) is 17.9 Å². The monoisotopic (exact) mass is 461 g/mol. The van der Waals surface area contributed by atoms with Crippen LogP contribution in [0.1, 0.15) is 41.5 Å². The van der Waals surface area contributed by atoms with Gasteiger partial charge in [-0.1, -0.05) is 66.7 Å². The van der Waals surface area contributed by atoms with Crippen molar-refractivity contribution in [2.45, 2.75) is 24.8 Å². The van der Waals surface area contributed by atoms with Crippen LogP contribution in [0, 0.1) is 0 Å². The summed E-state index contributed by atoms with van der Waals surface area (Å²) in [5.41, 5.74) is 6.44. The van der Waals surface area contributed by atoms with Crippen molar-refractivity contribution in [1.29, 1.82) is 0 Å². The van der Waals surface area contributed by atoms with E-state index >= 15 is 0 Å². The lowest BCUT2D eigenvalue weighted by Gasteiger charge is -2.37. The number of benzene rings is 4. The number of carbonyl (C=O) groups excluding carboxylic acids is 1. The van der Waals surface area contributed by atoms with Gasteiger partial charge in [0, 0.05) is 23.2 Å². The van der Waals surface area contributed by atoms with E-state index in [1.807, 2.05) is 24.3 Å². The molecule has 0 saturated carbocycles. The van der Waals surface area contributed by atoms with Crippen LogP contribution in [0.3, 0.4) is 0 Å². The second-order valence-electron chi connectivity index (χ2n) is 9.23. The summed E-state index contributed by atoms with van der Waals surface area (Å²) in [5, 5.41) is 6.06. The summed E-state index contributed by atoms with van der Waals surface area (Å²) >= 11 is 0. The highest BCUT2D eigenvalue weighted by molar-refractivity contribution is 6.13. The van der Waals surface area contributed by atoms with Gasteiger partial charge in [-0.15, -0.1) is 0 Å². The van der Waals surface area contributed by atoms with Crippen molar-refractivity contribution in [3.63, 3.8) is 0 Å². The molecular weight excluding hydrogens is 434 g/mol. The Balaban J connectivity index is 1.56. The molecule has 1 aliphatic carbocycles. The van der Waals surface area contributed by atoms with E-state index in [1.165, 1.54) is 16.3 Å². The summed E-state index contributed by atoms with van der Waals surface area (Å²) in [5.74, 6) is 1.69. The maximum atomic E-state index is 13.9. The molecule has 6 rings (SSSR count). The summed E-state index contributed by atoms with van der Waals surface area (Å²) in [7, 11) is 3.27. The Hall–Kier alpha value is -4.05. The van der Waals surface area contributed by atoms with E-state index in [0.717, 1.165) is 34.4 Å².